The maximum Gasteiger partial charge on any atom is 0.301 e. The summed E-state index contributed by atoms with van der Waals surface area (Å²) < 4.78 is 17.4. The van der Waals surface area contributed by atoms with Crippen molar-refractivity contribution in [1.29, 1.82) is 0 Å². The van der Waals surface area contributed by atoms with Crippen LogP contribution in [0.15, 0.2) is 83.9 Å². The minimum absolute atomic E-state index is 0.0212. The highest BCUT2D eigenvalue weighted by Gasteiger charge is 2.48. The van der Waals surface area contributed by atoms with E-state index >= 15 is 0 Å². The van der Waals surface area contributed by atoms with Crippen molar-refractivity contribution in [1.82, 2.24) is 4.98 Å². The van der Waals surface area contributed by atoms with E-state index in [1.165, 1.54) is 23.3 Å². The Balaban J connectivity index is 1.43. The van der Waals surface area contributed by atoms with E-state index < -0.39 is 17.7 Å². The largest absolute Gasteiger partial charge is 0.507 e. The van der Waals surface area contributed by atoms with E-state index in [9.17, 15) is 14.7 Å². The molecule has 3 aromatic carbocycles. The fraction of sp³-hybridized carbons (Fsp3) is 0.194. The molecule has 0 bridgehead atoms. The molecular weight excluding hydrogens is 528 g/mol. The van der Waals surface area contributed by atoms with Gasteiger partial charge in [-0.15, -0.1) is 11.3 Å². The summed E-state index contributed by atoms with van der Waals surface area (Å²) in [5, 5.41) is 13.6. The van der Waals surface area contributed by atoms with Gasteiger partial charge in [0.25, 0.3) is 5.78 Å². The zero-order valence-corrected chi connectivity index (χ0v) is 22.7. The fourth-order valence-electron chi connectivity index (χ4n) is 5.11. The molecule has 0 unspecified atom stereocenters. The number of thiazole rings is 1. The summed E-state index contributed by atoms with van der Waals surface area (Å²) in [6, 6.07) is 19.3. The number of methoxy groups -OCH3 is 1. The quantitative estimate of drug-likeness (QED) is 0.178. The number of carbonyl (C=O) groups is 2. The van der Waals surface area contributed by atoms with Gasteiger partial charge >= 0.3 is 5.91 Å². The zero-order valence-electron chi connectivity index (χ0n) is 21.9. The number of hydrogen-bond acceptors (Lipinski definition) is 8. The molecule has 1 aromatic heterocycles. The molecule has 1 fully saturated rings. The van der Waals surface area contributed by atoms with Crippen molar-refractivity contribution < 1.29 is 28.9 Å². The standard InChI is InChI=1S/C31H26N2O6S/c1-18-14-22-15-21(9-10-23(22)39-18)28(34)26-27(33(30(36)29(26)35)31-32-12-13-40-31)20-8-11-24(25(16-20)37-2)38-17-19-6-4-3-5-7-19/h3-13,15-16,18,27,34H,14,17H2,1-2H3/t18-,27-/m1/s1. The number of ketones is 1. The number of amides is 1. The summed E-state index contributed by atoms with van der Waals surface area (Å²) in [6.45, 7) is 2.31. The second kappa shape index (κ2) is 10.5. The number of anilines is 1. The lowest BCUT2D eigenvalue weighted by Gasteiger charge is -2.24. The van der Waals surface area contributed by atoms with E-state index in [0.717, 1.165) is 16.9 Å². The number of hydrogen-bond donors (Lipinski definition) is 1. The van der Waals surface area contributed by atoms with Gasteiger partial charge in [-0.3, -0.25) is 14.5 Å². The van der Waals surface area contributed by atoms with E-state index in [2.05, 4.69) is 4.98 Å². The van der Waals surface area contributed by atoms with Crippen LogP contribution in [0.1, 0.15) is 35.2 Å². The maximum absolute atomic E-state index is 13.5. The molecule has 0 spiro atoms. The first-order chi connectivity index (χ1) is 19.4. The predicted molar refractivity (Wildman–Crippen MR) is 151 cm³/mol. The smallest absolute Gasteiger partial charge is 0.301 e. The first-order valence-corrected chi connectivity index (χ1v) is 13.7. The second-order valence-corrected chi connectivity index (χ2v) is 10.5. The summed E-state index contributed by atoms with van der Waals surface area (Å²) in [5.41, 5.74) is 2.92. The summed E-state index contributed by atoms with van der Waals surface area (Å²) in [4.78, 5) is 32.5. The van der Waals surface area contributed by atoms with E-state index in [-0.39, 0.29) is 17.4 Å². The van der Waals surface area contributed by atoms with Gasteiger partial charge in [-0.1, -0.05) is 36.4 Å². The van der Waals surface area contributed by atoms with Crippen LogP contribution in [0, 0.1) is 0 Å². The van der Waals surface area contributed by atoms with Crippen LogP contribution in [0.5, 0.6) is 17.2 Å². The van der Waals surface area contributed by atoms with Crippen molar-refractivity contribution in [3.8, 4) is 17.2 Å². The Kier molecular flexibility index (Phi) is 6.73. The number of nitrogens with zero attached hydrogens (tertiary/aromatic N) is 2. The van der Waals surface area contributed by atoms with Crippen LogP contribution in [-0.2, 0) is 22.6 Å². The SMILES string of the molecule is COc1cc([C@@H]2C(=C(O)c3ccc4c(c3)C[C@@H](C)O4)C(=O)C(=O)N2c2nccs2)ccc1OCc1ccccc1. The Labute approximate surface area is 235 Å². The molecule has 1 N–H and O–H groups in total. The van der Waals surface area contributed by atoms with Gasteiger partial charge in [0.15, 0.2) is 16.6 Å². The van der Waals surface area contributed by atoms with Crippen LogP contribution in [0.4, 0.5) is 5.13 Å². The number of ether oxygens (including phenoxy) is 3. The lowest BCUT2D eigenvalue weighted by Crippen LogP contribution is -2.29. The molecule has 1 amide bonds. The Morgan fingerprint density at radius 2 is 1.93 bits per heavy atom. The number of fused-ring (bicyclic) bond motifs is 1. The highest BCUT2D eigenvalue weighted by atomic mass is 32.1. The predicted octanol–water partition coefficient (Wildman–Crippen LogP) is 5.68. The maximum atomic E-state index is 13.5. The molecule has 3 heterocycles. The molecule has 2 aliphatic rings. The van der Waals surface area contributed by atoms with Crippen LogP contribution < -0.4 is 19.1 Å². The second-order valence-electron chi connectivity index (χ2n) is 9.62. The third-order valence-corrected chi connectivity index (χ3v) is 7.75. The number of aliphatic hydroxyl groups excluding tert-OH is 1. The molecule has 40 heavy (non-hydrogen) atoms. The van der Waals surface area contributed by atoms with Crippen molar-refractivity contribution >= 4 is 33.9 Å². The Bertz CT molecular complexity index is 1620. The van der Waals surface area contributed by atoms with E-state index in [0.29, 0.717) is 40.8 Å². The van der Waals surface area contributed by atoms with Gasteiger partial charge in [-0.25, -0.2) is 4.98 Å². The average molecular weight is 555 g/mol. The van der Waals surface area contributed by atoms with Crippen molar-refractivity contribution in [2.75, 3.05) is 12.0 Å². The van der Waals surface area contributed by atoms with E-state index in [4.69, 9.17) is 14.2 Å². The topological polar surface area (TPSA) is 98.2 Å². The van der Waals surface area contributed by atoms with Gasteiger partial charge < -0.3 is 19.3 Å². The van der Waals surface area contributed by atoms with E-state index in [1.807, 2.05) is 43.3 Å². The van der Waals surface area contributed by atoms with Crippen LogP contribution >= 0.6 is 11.3 Å². The summed E-state index contributed by atoms with van der Waals surface area (Å²) in [5.74, 6) is -0.113. The fourth-order valence-corrected chi connectivity index (χ4v) is 5.78. The van der Waals surface area contributed by atoms with Crippen molar-refractivity contribution in [3.63, 3.8) is 0 Å². The van der Waals surface area contributed by atoms with Gasteiger partial charge in [-0.2, -0.15) is 0 Å². The minimum Gasteiger partial charge on any atom is -0.507 e. The third kappa shape index (κ3) is 4.58. The minimum atomic E-state index is -0.924. The molecule has 0 aliphatic carbocycles. The van der Waals surface area contributed by atoms with Crippen molar-refractivity contribution in [3.05, 3.63) is 106 Å². The molecular formula is C31H26N2O6S. The van der Waals surface area contributed by atoms with Gasteiger partial charge in [-0.05, 0) is 53.9 Å². The molecule has 0 radical (unpaired) electrons. The highest BCUT2D eigenvalue weighted by molar-refractivity contribution is 7.14. The molecule has 6 rings (SSSR count). The number of aliphatic hydroxyl groups is 1. The van der Waals surface area contributed by atoms with Crippen molar-refractivity contribution in [2.24, 2.45) is 0 Å². The zero-order chi connectivity index (χ0) is 27.8. The Morgan fingerprint density at radius 1 is 1.10 bits per heavy atom. The number of benzene rings is 3. The molecule has 8 nitrogen and oxygen atoms in total. The summed E-state index contributed by atoms with van der Waals surface area (Å²) >= 11 is 1.23. The number of aromatic nitrogens is 1. The molecule has 2 atom stereocenters. The Morgan fingerprint density at radius 3 is 2.67 bits per heavy atom. The summed E-state index contributed by atoms with van der Waals surface area (Å²) in [6.07, 6.45) is 2.28. The molecule has 2 aliphatic heterocycles. The summed E-state index contributed by atoms with van der Waals surface area (Å²) in [7, 11) is 1.53. The monoisotopic (exact) mass is 554 g/mol. The molecule has 1 saturated heterocycles. The molecule has 0 saturated carbocycles. The normalized spacial score (nSPS) is 19.4. The highest BCUT2D eigenvalue weighted by Crippen LogP contribution is 2.45. The first kappa shape index (κ1) is 25.6. The van der Waals surface area contributed by atoms with Crippen LogP contribution in [0.25, 0.3) is 5.76 Å². The van der Waals surface area contributed by atoms with Gasteiger partial charge in [0.1, 0.15) is 24.2 Å². The number of Topliss-reactive ketones (excluding diaryl/α,β-unsaturated/α-hetero) is 1. The lowest BCUT2D eigenvalue weighted by molar-refractivity contribution is -0.132. The third-order valence-electron chi connectivity index (χ3n) is 6.98. The van der Waals surface area contributed by atoms with Gasteiger partial charge in [0, 0.05) is 23.6 Å². The van der Waals surface area contributed by atoms with Crippen LogP contribution in [0.2, 0.25) is 0 Å². The van der Waals surface area contributed by atoms with Crippen LogP contribution in [0.3, 0.4) is 0 Å². The number of rotatable bonds is 7. The molecule has 4 aromatic rings. The van der Waals surface area contributed by atoms with E-state index in [1.54, 1.807) is 41.9 Å². The van der Waals surface area contributed by atoms with Gasteiger partial charge in [0.2, 0.25) is 0 Å². The van der Waals surface area contributed by atoms with Crippen molar-refractivity contribution in [2.45, 2.75) is 32.1 Å². The lowest BCUT2D eigenvalue weighted by atomic mass is 9.94. The Hall–Kier alpha value is -4.63. The first-order valence-electron chi connectivity index (χ1n) is 12.8. The molecule has 9 heteroatoms. The van der Waals surface area contributed by atoms with Crippen LogP contribution in [-0.4, -0.2) is 35.0 Å². The average Bonchev–Trinajstić information content (AvgIpc) is 3.69. The number of carbonyl (C=O) groups excluding carboxylic acids is 2. The van der Waals surface area contributed by atoms with Gasteiger partial charge in [0.05, 0.1) is 18.7 Å². The molecule has 202 valence electrons.